The van der Waals surface area contributed by atoms with Crippen LogP contribution < -0.4 is 0 Å². The van der Waals surface area contributed by atoms with Gasteiger partial charge in [0.15, 0.2) is 0 Å². The van der Waals surface area contributed by atoms with Crippen molar-refractivity contribution in [3.63, 3.8) is 0 Å². The maximum atomic E-state index is 6.50. The fourth-order valence-electron chi connectivity index (χ4n) is 0. The van der Waals surface area contributed by atoms with Crippen LogP contribution in [0.3, 0.4) is 0 Å². The second kappa shape index (κ2) is 105. The zero-order valence-electron chi connectivity index (χ0n) is 6.53. The summed E-state index contributed by atoms with van der Waals surface area (Å²) in [5.74, 6) is 0. The normalized spacial score (nSPS) is 0.923. The van der Waals surface area contributed by atoms with Gasteiger partial charge in [0.2, 0.25) is 0 Å². The van der Waals surface area contributed by atoms with Gasteiger partial charge in [0.1, 0.15) is 0 Å². The van der Waals surface area contributed by atoms with E-state index in [0.29, 0.717) is 0 Å². The van der Waals surface area contributed by atoms with Gasteiger partial charge >= 0.3 is 0 Å². The van der Waals surface area contributed by atoms with Crippen molar-refractivity contribution >= 4 is 0 Å². The fourth-order valence-corrected chi connectivity index (χ4v) is 0. The van der Waals surface area contributed by atoms with Crippen molar-refractivity contribution in [2.75, 3.05) is 0 Å². The van der Waals surface area contributed by atoms with Crippen LogP contribution in [-0.4, -0.2) is 0 Å². The minimum absolute atomic E-state index is 0. The van der Waals surface area contributed by atoms with Gasteiger partial charge in [-0.25, -0.2) is 31.6 Å². The number of rotatable bonds is 0. The third kappa shape index (κ3) is 81.6. The zero-order valence-corrected chi connectivity index (χ0v) is 7.71. The summed E-state index contributed by atoms with van der Waals surface area (Å²) in [5, 5.41) is 39.0. The summed E-state index contributed by atoms with van der Waals surface area (Å²) < 4.78 is 0. The Kier molecular flexibility index (Phi) is 631. The summed E-state index contributed by atoms with van der Waals surface area (Å²) in [6.45, 7) is 21.0. The molecule has 0 aliphatic carbocycles. The first-order valence-corrected chi connectivity index (χ1v) is 1.55. The van der Waals surface area contributed by atoms with Gasteiger partial charge in [0.25, 0.3) is 0 Å². The Morgan fingerprint density at radius 2 is 0.308 bits per heavy atom. The Morgan fingerprint density at radius 1 is 0.308 bits per heavy atom. The van der Waals surface area contributed by atoms with Crippen molar-refractivity contribution in [2.45, 2.75) is 0 Å². The third-order valence-corrected chi connectivity index (χ3v) is 0. The monoisotopic (exact) mass is 217 g/mol. The minimum Gasteiger partial charge on any atom is -0.202 e. The summed E-state index contributed by atoms with van der Waals surface area (Å²) >= 11 is 0. The average Bonchev–Trinajstić information content (AvgIpc) is 2.33. The van der Waals surface area contributed by atoms with E-state index in [2.05, 4.69) is 39.4 Å². The van der Waals surface area contributed by atoms with E-state index in [4.69, 9.17) is 31.6 Å². The zero-order chi connectivity index (χ0) is 12.0. The van der Waals surface area contributed by atoms with E-state index in [0.717, 1.165) is 0 Å². The Morgan fingerprint density at radius 3 is 0.308 bits per heavy atom. The molecule has 0 fully saturated rings. The molecule has 0 aromatic carbocycles. The molecular formula is C6H6MnN6. The fraction of sp³-hybridized carbons (Fsp3) is 0. The maximum absolute atomic E-state index is 6.50. The molecule has 0 N–H and O–H groups in total. The summed E-state index contributed by atoms with van der Waals surface area (Å²) in [6, 6.07) is 0. The third-order valence-electron chi connectivity index (χ3n) is 0. The van der Waals surface area contributed by atoms with Gasteiger partial charge < -0.3 is 0 Å². The summed E-state index contributed by atoms with van der Waals surface area (Å²) in [5.41, 5.74) is 0. The Balaban J connectivity index is -0.00000000655. The minimum atomic E-state index is 0. The summed E-state index contributed by atoms with van der Waals surface area (Å²) in [6.07, 6.45) is 0. The van der Waals surface area contributed by atoms with Crippen molar-refractivity contribution in [1.82, 2.24) is 0 Å². The van der Waals surface area contributed by atoms with Gasteiger partial charge in [-0.1, -0.05) is 0 Å². The molecule has 0 aliphatic heterocycles. The number of nitriles is 6. The average molecular weight is 217 g/mol. The van der Waals surface area contributed by atoms with E-state index in [-0.39, 0.29) is 17.1 Å². The van der Waals surface area contributed by atoms with Gasteiger partial charge in [-0.2, -0.15) is 0 Å². The molecule has 7 heteroatoms. The predicted molar refractivity (Wildman–Crippen MR) is 40.0 cm³/mol. The molecule has 1 radical (unpaired) electrons. The van der Waals surface area contributed by atoms with Crippen LogP contribution in [0.4, 0.5) is 0 Å². The van der Waals surface area contributed by atoms with Gasteiger partial charge in [0.05, 0.1) is 0 Å². The van der Waals surface area contributed by atoms with Crippen LogP contribution in [0.5, 0.6) is 0 Å². The molecule has 0 spiro atoms. The second-order valence-electron chi connectivity index (χ2n) is 0. The molecule has 0 aliphatic rings. The number of hydrogen-bond donors (Lipinski definition) is 0. The number of nitrogens with zero attached hydrogens (tertiary/aromatic N) is 6. The Hall–Kier alpha value is -2.54. The molecule has 0 saturated heterocycles. The van der Waals surface area contributed by atoms with Crippen molar-refractivity contribution in [3.05, 3.63) is 0 Å². The molecule has 0 bridgehead atoms. The van der Waals surface area contributed by atoms with Crippen molar-refractivity contribution < 1.29 is 17.1 Å². The summed E-state index contributed by atoms with van der Waals surface area (Å²) in [4.78, 5) is 0. The molecule has 6 nitrogen and oxygen atoms in total. The molecular weight excluding hydrogens is 211 g/mol. The van der Waals surface area contributed by atoms with Crippen molar-refractivity contribution in [2.24, 2.45) is 0 Å². The van der Waals surface area contributed by atoms with Crippen LogP contribution in [0.2, 0.25) is 0 Å². The van der Waals surface area contributed by atoms with E-state index >= 15 is 0 Å². The smallest absolute Gasteiger partial charge is 0.0462 e. The van der Waals surface area contributed by atoms with E-state index in [9.17, 15) is 0 Å². The van der Waals surface area contributed by atoms with Crippen molar-refractivity contribution in [1.29, 1.82) is 31.6 Å². The molecule has 0 aromatic rings. The van der Waals surface area contributed by atoms with E-state index in [1.54, 1.807) is 0 Å². The van der Waals surface area contributed by atoms with Crippen LogP contribution in [0.1, 0.15) is 0 Å². The first-order chi connectivity index (χ1) is 6.00. The maximum Gasteiger partial charge on any atom is 0.0462 e. The topological polar surface area (TPSA) is 143 Å². The van der Waals surface area contributed by atoms with E-state index in [1.807, 2.05) is 0 Å². The largest absolute Gasteiger partial charge is 0.202 e. The predicted octanol–water partition coefficient (Wildman–Crippen LogP) is 0.836. The van der Waals surface area contributed by atoms with Crippen LogP contribution >= 0.6 is 0 Å². The number of hydrogen-bond acceptors (Lipinski definition) is 6. The first kappa shape index (κ1) is 78.2. The quantitative estimate of drug-likeness (QED) is 0.549. The van der Waals surface area contributed by atoms with E-state index in [1.165, 1.54) is 0 Å². The Labute approximate surface area is 88.5 Å². The van der Waals surface area contributed by atoms with Crippen LogP contribution in [0, 0.1) is 71.0 Å². The molecule has 0 rings (SSSR count). The van der Waals surface area contributed by atoms with Crippen molar-refractivity contribution in [3.8, 4) is 39.4 Å². The molecule has 0 aromatic heterocycles. The van der Waals surface area contributed by atoms with Gasteiger partial charge in [-0.3, -0.25) is 0 Å². The van der Waals surface area contributed by atoms with Crippen LogP contribution in [0.15, 0.2) is 0 Å². The van der Waals surface area contributed by atoms with E-state index < -0.39 is 0 Å². The Bertz CT molecular complexity index is 92.1. The molecule has 0 unspecified atom stereocenters. The van der Waals surface area contributed by atoms with Gasteiger partial charge in [-0.05, 0) is 0 Å². The molecule has 0 amide bonds. The van der Waals surface area contributed by atoms with Crippen LogP contribution in [-0.2, 0) is 17.1 Å². The van der Waals surface area contributed by atoms with Gasteiger partial charge in [0, 0.05) is 56.5 Å². The first-order valence-electron chi connectivity index (χ1n) is 1.55. The second-order valence-corrected chi connectivity index (χ2v) is 0. The SMILES string of the molecule is C#N.C#N.C#N.C#N.C#N.C#N.[Mn]. The van der Waals surface area contributed by atoms with Gasteiger partial charge in [-0.15, -0.1) is 0 Å². The molecule has 67 valence electrons. The standard InChI is InChI=1S/6CHN.Mn/c6*1-2;/h6*1H;. The molecule has 0 saturated carbocycles. The molecule has 0 atom stereocenters. The summed E-state index contributed by atoms with van der Waals surface area (Å²) in [7, 11) is 0. The van der Waals surface area contributed by atoms with Crippen LogP contribution in [0.25, 0.3) is 0 Å². The molecule has 13 heavy (non-hydrogen) atoms. The molecule has 0 heterocycles.